The lowest BCUT2D eigenvalue weighted by atomic mass is 9.71. The molecule has 0 bridgehead atoms. The van der Waals surface area contributed by atoms with Crippen LogP contribution in [0, 0.1) is 11.6 Å². The van der Waals surface area contributed by atoms with Crippen LogP contribution in [0.15, 0.2) is 72.2 Å². The van der Waals surface area contributed by atoms with Gasteiger partial charge in [-0.1, -0.05) is 36.4 Å². The number of carbonyl (C=O) groups is 1. The zero-order valence-corrected chi connectivity index (χ0v) is 22.3. The molecule has 40 heavy (non-hydrogen) atoms. The lowest BCUT2D eigenvalue weighted by molar-refractivity contribution is -0.136. The van der Waals surface area contributed by atoms with Gasteiger partial charge in [0, 0.05) is 53.6 Å². The normalized spacial score (nSPS) is 14.8. The third-order valence-corrected chi connectivity index (χ3v) is 8.34. The van der Waals surface area contributed by atoms with E-state index in [-0.39, 0.29) is 17.2 Å². The number of nitrogens with zero attached hydrogens (tertiary/aromatic N) is 1. The smallest absolute Gasteiger partial charge is 0.303 e. The van der Waals surface area contributed by atoms with Gasteiger partial charge in [-0.15, -0.1) is 11.3 Å². The van der Waals surface area contributed by atoms with Crippen molar-refractivity contribution in [1.82, 2.24) is 9.97 Å². The van der Waals surface area contributed by atoms with Crippen LogP contribution < -0.4 is 4.74 Å². The van der Waals surface area contributed by atoms with Gasteiger partial charge < -0.3 is 19.6 Å². The minimum absolute atomic E-state index is 0.0751. The molecule has 1 saturated heterocycles. The molecule has 0 unspecified atom stereocenters. The Kier molecular flexibility index (Phi) is 7.08. The van der Waals surface area contributed by atoms with E-state index in [1.54, 1.807) is 30.5 Å². The number of ether oxygens (including phenoxy) is 2. The fourth-order valence-electron chi connectivity index (χ4n) is 5.33. The number of aromatic amines is 1. The molecule has 2 N–H and O–H groups in total. The minimum Gasteiger partial charge on any atom is -0.481 e. The number of hydrogen-bond donors (Lipinski definition) is 2. The van der Waals surface area contributed by atoms with Crippen LogP contribution in [0.2, 0.25) is 0 Å². The van der Waals surface area contributed by atoms with E-state index in [4.69, 9.17) is 19.6 Å². The molecule has 6 rings (SSSR count). The third kappa shape index (κ3) is 4.98. The molecule has 3 aromatic carbocycles. The average molecular weight is 561 g/mol. The van der Waals surface area contributed by atoms with E-state index < -0.39 is 23.4 Å². The van der Waals surface area contributed by atoms with Crippen molar-refractivity contribution in [3.8, 4) is 22.1 Å². The Morgan fingerprint density at radius 2 is 1.93 bits per heavy atom. The van der Waals surface area contributed by atoms with E-state index >= 15 is 0 Å². The molecule has 3 heterocycles. The van der Waals surface area contributed by atoms with Crippen LogP contribution in [0.4, 0.5) is 8.78 Å². The summed E-state index contributed by atoms with van der Waals surface area (Å²) in [6, 6.07) is 17.9. The number of hydrogen-bond acceptors (Lipinski definition) is 5. The molecule has 0 atom stereocenters. The monoisotopic (exact) mass is 560 g/mol. The number of H-pyrrole nitrogens is 1. The first-order valence-corrected chi connectivity index (χ1v) is 13.9. The molecule has 1 aliphatic heterocycles. The molecule has 0 amide bonds. The summed E-state index contributed by atoms with van der Waals surface area (Å²) in [5.74, 6) is -2.52. The lowest BCUT2D eigenvalue weighted by Crippen LogP contribution is -2.35. The van der Waals surface area contributed by atoms with Crippen LogP contribution in [-0.4, -0.2) is 34.3 Å². The highest BCUT2D eigenvalue weighted by Gasteiger charge is 2.38. The van der Waals surface area contributed by atoms with Gasteiger partial charge in [-0.3, -0.25) is 4.79 Å². The largest absolute Gasteiger partial charge is 0.481 e. The van der Waals surface area contributed by atoms with Gasteiger partial charge >= 0.3 is 5.97 Å². The van der Waals surface area contributed by atoms with Gasteiger partial charge in [-0.25, -0.2) is 13.8 Å². The van der Waals surface area contributed by atoms with Crippen LogP contribution in [0.1, 0.15) is 36.1 Å². The quantitative estimate of drug-likeness (QED) is 0.206. The van der Waals surface area contributed by atoms with Gasteiger partial charge in [-0.05, 0) is 48.6 Å². The van der Waals surface area contributed by atoms with Crippen molar-refractivity contribution >= 4 is 28.2 Å². The van der Waals surface area contributed by atoms with E-state index in [0.29, 0.717) is 30.9 Å². The van der Waals surface area contributed by atoms with E-state index in [1.807, 2.05) is 18.2 Å². The standard InChI is InChI=1S/C31H26F2N2O4S/c32-24-17-25-23(9-12-34-25)28(33)29(24)39-22-6-2-4-20(16-22)30-35-26(18-40-30)31(10-13-38-14-11-31)21-5-1-3-19(15-21)7-8-27(36)37/h1-6,9,12,15-18,34H,7-8,10-11,13-14H2,(H,36,37). The van der Waals surface area contributed by atoms with Crippen molar-refractivity contribution in [2.45, 2.75) is 31.1 Å². The van der Waals surface area contributed by atoms with Crippen LogP contribution in [-0.2, 0) is 21.4 Å². The van der Waals surface area contributed by atoms with E-state index in [1.165, 1.54) is 17.4 Å². The molecule has 6 nitrogen and oxygen atoms in total. The van der Waals surface area contributed by atoms with Crippen LogP contribution in [0.3, 0.4) is 0 Å². The number of thiazole rings is 1. The van der Waals surface area contributed by atoms with Crippen LogP contribution in [0.25, 0.3) is 21.5 Å². The second-order valence-corrected chi connectivity index (χ2v) is 10.8. The van der Waals surface area contributed by atoms with Crippen molar-refractivity contribution < 1.29 is 28.2 Å². The van der Waals surface area contributed by atoms with Crippen molar-refractivity contribution in [3.63, 3.8) is 0 Å². The van der Waals surface area contributed by atoms with Gasteiger partial charge in [0.25, 0.3) is 0 Å². The number of rotatable bonds is 8. The number of halogens is 2. The fourth-order valence-corrected chi connectivity index (χ4v) is 6.25. The summed E-state index contributed by atoms with van der Waals surface area (Å²) >= 11 is 1.49. The zero-order chi connectivity index (χ0) is 27.7. The first-order valence-electron chi connectivity index (χ1n) is 13.0. The van der Waals surface area contributed by atoms with E-state index in [0.717, 1.165) is 40.2 Å². The van der Waals surface area contributed by atoms with Crippen LogP contribution >= 0.6 is 11.3 Å². The molecule has 1 aliphatic rings. The van der Waals surface area contributed by atoms with E-state index in [9.17, 15) is 13.6 Å². The summed E-state index contributed by atoms with van der Waals surface area (Å²) < 4.78 is 41.0. The van der Waals surface area contributed by atoms with Crippen molar-refractivity contribution in [3.05, 3.63) is 101 Å². The molecule has 0 spiro atoms. The minimum atomic E-state index is -0.822. The van der Waals surface area contributed by atoms with Crippen LogP contribution in [0.5, 0.6) is 11.5 Å². The molecule has 204 valence electrons. The predicted molar refractivity (Wildman–Crippen MR) is 149 cm³/mol. The molecule has 0 aliphatic carbocycles. The maximum absolute atomic E-state index is 15.0. The number of nitrogens with one attached hydrogen (secondary N) is 1. The summed E-state index contributed by atoms with van der Waals surface area (Å²) in [6.45, 7) is 1.19. The Morgan fingerprint density at radius 3 is 2.75 bits per heavy atom. The third-order valence-electron chi connectivity index (χ3n) is 7.45. The molecule has 9 heteroatoms. The van der Waals surface area contributed by atoms with Gasteiger partial charge in [0.05, 0.1) is 11.2 Å². The number of aryl methyl sites for hydroxylation is 1. The number of carboxylic acid groups (broad SMARTS) is 1. The predicted octanol–water partition coefficient (Wildman–Crippen LogP) is 7.48. The lowest BCUT2D eigenvalue weighted by Gasteiger charge is -2.36. The summed E-state index contributed by atoms with van der Waals surface area (Å²) in [4.78, 5) is 19.0. The zero-order valence-electron chi connectivity index (χ0n) is 21.5. The first-order chi connectivity index (χ1) is 19.4. The second-order valence-electron chi connectivity index (χ2n) is 9.90. The summed E-state index contributed by atoms with van der Waals surface area (Å²) in [5.41, 5.74) is 3.77. The highest BCUT2D eigenvalue weighted by Crippen LogP contribution is 2.43. The van der Waals surface area contributed by atoms with Crippen molar-refractivity contribution in [2.24, 2.45) is 0 Å². The van der Waals surface area contributed by atoms with Gasteiger partial charge in [-0.2, -0.15) is 0 Å². The number of aliphatic carboxylic acids is 1. The highest BCUT2D eigenvalue weighted by molar-refractivity contribution is 7.13. The number of carboxylic acids is 1. The summed E-state index contributed by atoms with van der Waals surface area (Å²) in [6.07, 6.45) is 3.59. The molecule has 0 saturated carbocycles. The average Bonchev–Trinajstić information content (AvgIpc) is 3.66. The molecule has 0 radical (unpaired) electrons. The Labute approximate surface area is 233 Å². The van der Waals surface area contributed by atoms with Crippen molar-refractivity contribution in [2.75, 3.05) is 13.2 Å². The molecule has 2 aromatic heterocycles. The number of aromatic nitrogens is 2. The number of benzene rings is 3. The maximum atomic E-state index is 15.0. The van der Waals surface area contributed by atoms with Gasteiger partial charge in [0.1, 0.15) is 10.8 Å². The number of fused-ring (bicyclic) bond motifs is 1. The fraction of sp³-hybridized carbons (Fsp3) is 0.226. The maximum Gasteiger partial charge on any atom is 0.303 e. The summed E-state index contributed by atoms with van der Waals surface area (Å²) in [5, 5.41) is 12.2. The van der Waals surface area contributed by atoms with Crippen molar-refractivity contribution in [1.29, 1.82) is 0 Å². The molecule has 1 fully saturated rings. The molecular formula is C31H26F2N2O4S. The Balaban J connectivity index is 1.31. The van der Waals surface area contributed by atoms with E-state index in [2.05, 4.69) is 22.5 Å². The topological polar surface area (TPSA) is 84.4 Å². The highest BCUT2D eigenvalue weighted by atomic mass is 32.1. The SMILES string of the molecule is O=C(O)CCc1cccc(C2(c3csc(-c4cccc(Oc5c(F)cc6[nH]ccc6c5F)c4)n3)CCOCC2)c1. The Bertz CT molecular complexity index is 1690. The first kappa shape index (κ1) is 26.2. The second kappa shape index (κ2) is 10.8. The summed E-state index contributed by atoms with van der Waals surface area (Å²) in [7, 11) is 0. The Morgan fingerprint density at radius 1 is 1.10 bits per heavy atom. The molecule has 5 aromatic rings. The van der Waals surface area contributed by atoms with Gasteiger partial charge in [0.2, 0.25) is 0 Å². The van der Waals surface area contributed by atoms with Gasteiger partial charge in [0.15, 0.2) is 17.4 Å². The molecular weight excluding hydrogens is 534 g/mol. The Hall–Kier alpha value is -4.08.